The third kappa shape index (κ3) is 2.93. The molecule has 22 heavy (non-hydrogen) atoms. The molecular weight excluding hydrogens is 282 g/mol. The van der Waals surface area contributed by atoms with E-state index in [9.17, 15) is 4.79 Å². The van der Waals surface area contributed by atoms with E-state index < -0.39 is 5.54 Å². The van der Waals surface area contributed by atoms with Gasteiger partial charge in [-0.1, -0.05) is 24.1 Å². The van der Waals surface area contributed by atoms with Crippen molar-refractivity contribution in [2.45, 2.75) is 45.1 Å². The predicted molar refractivity (Wildman–Crippen MR) is 80.3 cm³/mol. The fraction of sp³-hybridized carbons (Fsp3) is 0.467. The molecule has 2 aromatic rings. The number of carbonyl (C=O) groups is 1. The lowest BCUT2D eigenvalue weighted by atomic mass is 9.97. The topological polar surface area (TPSA) is 92.9 Å². The van der Waals surface area contributed by atoms with Gasteiger partial charge in [-0.15, -0.1) is 0 Å². The first-order chi connectivity index (χ1) is 10.6. The first-order valence-electron chi connectivity index (χ1n) is 7.40. The first-order valence-corrected chi connectivity index (χ1v) is 7.40. The van der Waals surface area contributed by atoms with Gasteiger partial charge >= 0.3 is 6.03 Å². The molecule has 2 aromatic heterocycles. The van der Waals surface area contributed by atoms with Gasteiger partial charge in [0.05, 0.1) is 0 Å². The van der Waals surface area contributed by atoms with Gasteiger partial charge in [0, 0.05) is 13.1 Å². The maximum atomic E-state index is 12.3. The molecule has 0 aliphatic heterocycles. The van der Waals surface area contributed by atoms with Crippen LogP contribution in [0.3, 0.4) is 0 Å². The first kappa shape index (κ1) is 14.5. The molecule has 0 saturated heterocycles. The number of urea groups is 1. The van der Waals surface area contributed by atoms with Crippen LogP contribution < -0.4 is 10.6 Å². The lowest BCUT2D eigenvalue weighted by molar-refractivity contribution is 0.232. The fourth-order valence-electron chi connectivity index (χ4n) is 2.78. The summed E-state index contributed by atoms with van der Waals surface area (Å²) < 4.78 is 5.07. The van der Waals surface area contributed by atoms with Crippen LogP contribution in [0.25, 0.3) is 0 Å². The summed E-state index contributed by atoms with van der Waals surface area (Å²) in [6.45, 7) is 3.69. The zero-order valence-electron chi connectivity index (χ0n) is 12.7. The molecule has 116 valence electrons. The Bertz CT molecular complexity index is 659. The highest BCUT2D eigenvalue weighted by Gasteiger charge is 2.41. The van der Waals surface area contributed by atoms with Crippen molar-refractivity contribution in [1.29, 1.82) is 0 Å². The highest BCUT2D eigenvalue weighted by molar-refractivity contribution is 5.88. The summed E-state index contributed by atoms with van der Waals surface area (Å²) in [7, 11) is 0. The maximum Gasteiger partial charge on any atom is 0.321 e. The zero-order chi connectivity index (χ0) is 15.6. The van der Waals surface area contributed by atoms with E-state index in [-0.39, 0.29) is 6.03 Å². The number of aromatic nitrogens is 3. The Morgan fingerprint density at radius 1 is 1.27 bits per heavy atom. The number of nitrogens with one attached hydrogen (secondary N) is 2. The molecule has 0 bridgehead atoms. The Morgan fingerprint density at radius 3 is 2.64 bits per heavy atom. The lowest BCUT2D eigenvalue weighted by Crippen LogP contribution is -2.46. The second-order valence-corrected chi connectivity index (χ2v) is 5.73. The minimum atomic E-state index is -0.549. The van der Waals surface area contributed by atoms with Crippen molar-refractivity contribution in [3.8, 4) is 0 Å². The van der Waals surface area contributed by atoms with Gasteiger partial charge in [0.15, 0.2) is 5.82 Å². The molecule has 1 fully saturated rings. The Balaban J connectivity index is 1.74. The van der Waals surface area contributed by atoms with Crippen molar-refractivity contribution in [2.24, 2.45) is 0 Å². The minimum Gasteiger partial charge on any atom is -0.340 e. The third-order valence-electron chi connectivity index (χ3n) is 3.92. The number of pyridine rings is 1. The van der Waals surface area contributed by atoms with Gasteiger partial charge in [-0.3, -0.25) is 5.32 Å². The van der Waals surface area contributed by atoms with Crippen molar-refractivity contribution in [3.63, 3.8) is 0 Å². The lowest BCUT2D eigenvalue weighted by Gasteiger charge is -2.26. The molecule has 7 heteroatoms. The highest BCUT2D eigenvalue weighted by Crippen LogP contribution is 2.37. The van der Waals surface area contributed by atoms with E-state index in [1.807, 2.05) is 13.0 Å². The molecule has 1 aliphatic rings. The third-order valence-corrected chi connectivity index (χ3v) is 3.92. The van der Waals surface area contributed by atoms with Gasteiger partial charge in [-0.05, 0) is 31.4 Å². The van der Waals surface area contributed by atoms with E-state index in [0.717, 1.165) is 31.2 Å². The quantitative estimate of drug-likeness (QED) is 0.909. The average molecular weight is 301 g/mol. The zero-order valence-corrected chi connectivity index (χ0v) is 12.7. The van der Waals surface area contributed by atoms with Crippen LogP contribution in [0.4, 0.5) is 10.6 Å². The van der Waals surface area contributed by atoms with Crippen molar-refractivity contribution in [2.75, 3.05) is 5.32 Å². The number of rotatable bonds is 3. The van der Waals surface area contributed by atoms with Gasteiger partial charge in [0.1, 0.15) is 11.4 Å². The Morgan fingerprint density at radius 2 is 2.05 bits per heavy atom. The molecule has 2 N–H and O–H groups in total. The summed E-state index contributed by atoms with van der Waals surface area (Å²) in [6.07, 6.45) is 5.37. The van der Waals surface area contributed by atoms with Gasteiger partial charge in [0.2, 0.25) is 5.89 Å². The number of nitrogens with zero attached hydrogens (tertiary/aromatic N) is 3. The number of amides is 2. The summed E-state index contributed by atoms with van der Waals surface area (Å²) in [5, 5.41) is 9.76. The molecule has 2 amide bonds. The molecule has 0 spiro atoms. The Labute approximate surface area is 128 Å². The van der Waals surface area contributed by atoms with E-state index in [2.05, 4.69) is 25.8 Å². The van der Waals surface area contributed by atoms with E-state index in [4.69, 9.17) is 4.52 Å². The molecular formula is C15H19N5O2. The molecule has 0 radical (unpaired) electrons. The molecule has 1 aliphatic carbocycles. The Hall–Kier alpha value is -2.44. The highest BCUT2D eigenvalue weighted by atomic mass is 16.5. The summed E-state index contributed by atoms with van der Waals surface area (Å²) in [6, 6.07) is 3.37. The number of anilines is 1. The molecule has 2 heterocycles. The maximum absolute atomic E-state index is 12.3. The number of carbonyl (C=O) groups excluding carboxylic acids is 1. The van der Waals surface area contributed by atoms with Crippen LogP contribution in [0, 0.1) is 13.8 Å². The monoisotopic (exact) mass is 301 g/mol. The molecule has 0 aromatic carbocycles. The van der Waals surface area contributed by atoms with E-state index in [1.165, 1.54) is 0 Å². The van der Waals surface area contributed by atoms with Crippen LogP contribution in [0.5, 0.6) is 0 Å². The molecule has 1 saturated carbocycles. The van der Waals surface area contributed by atoms with Crippen LogP contribution >= 0.6 is 0 Å². The van der Waals surface area contributed by atoms with E-state index in [1.54, 1.807) is 19.2 Å². The van der Waals surface area contributed by atoms with Crippen molar-refractivity contribution in [3.05, 3.63) is 35.6 Å². The SMILES string of the molecule is Cc1ccc(NC(=O)NC2(c3noc(C)n3)CCCC2)nc1. The molecule has 3 rings (SSSR count). The van der Waals surface area contributed by atoms with Gasteiger partial charge in [-0.2, -0.15) is 4.98 Å². The second-order valence-electron chi connectivity index (χ2n) is 5.73. The molecule has 7 nitrogen and oxygen atoms in total. The summed E-state index contributed by atoms with van der Waals surface area (Å²) in [5.74, 6) is 1.57. The standard InChI is InChI=1S/C15H19N5O2/c1-10-5-6-12(16-9-10)18-14(21)19-15(7-3-4-8-15)13-17-11(2)22-20-13/h5-6,9H,3-4,7-8H2,1-2H3,(H2,16,18,19,21). The van der Waals surface area contributed by atoms with Crippen LogP contribution in [-0.4, -0.2) is 21.2 Å². The minimum absolute atomic E-state index is 0.305. The van der Waals surface area contributed by atoms with E-state index >= 15 is 0 Å². The normalized spacial score (nSPS) is 16.5. The van der Waals surface area contributed by atoms with Crippen LogP contribution in [0.1, 0.15) is 43.0 Å². The molecule has 0 atom stereocenters. The van der Waals surface area contributed by atoms with Crippen molar-refractivity contribution >= 4 is 11.8 Å². The van der Waals surface area contributed by atoms with Crippen LogP contribution in [0.15, 0.2) is 22.9 Å². The largest absolute Gasteiger partial charge is 0.340 e. The summed E-state index contributed by atoms with van der Waals surface area (Å²) >= 11 is 0. The second kappa shape index (κ2) is 5.75. The average Bonchev–Trinajstić information content (AvgIpc) is 3.11. The smallest absolute Gasteiger partial charge is 0.321 e. The summed E-state index contributed by atoms with van der Waals surface area (Å²) in [4.78, 5) is 20.8. The van der Waals surface area contributed by atoms with Crippen LogP contribution in [0.2, 0.25) is 0 Å². The van der Waals surface area contributed by atoms with Crippen LogP contribution in [-0.2, 0) is 5.54 Å². The van der Waals surface area contributed by atoms with Crippen molar-refractivity contribution in [1.82, 2.24) is 20.4 Å². The predicted octanol–water partition coefficient (Wildman–Crippen LogP) is 2.67. The van der Waals surface area contributed by atoms with Gasteiger partial charge in [-0.25, -0.2) is 9.78 Å². The fourth-order valence-corrected chi connectivity index (χ4v) is 2.78. The van der Waals surface area contributed by atoms with Crippen molar-refractivity contribution < 1.29 is 9.32 Å². The Kier molecular flexibility index (Phi) is 3.79. The number of hydrogen-bond donors (Lipinski definition) is 2. The molecule has 0 unspecified atom stereocenters. The summed E-state index contributed by atoms with van der Waals surface area (Å²) in [5.41, 5.74) is 0.493. The van der Waals surface area contributed by atoms with Gasteiger partial charge in [0.25, 0.3) is 0 Å². The van der Waals surface area contributed by atoms with E-state index in [0.29, 0.717) is 17.5 Å². The van der Waals surface area contributed by atoms with Gasteiger partial charge < -0.3 is 9.84 Å². The number of aryl methyl sites for hydroxylation is 2. The number of hydrogen-bond acceptors (Lipinski definition) is 5.